The van der Waals surface area contributed by atoms with E-state index in [4.69, 9.17) is 0 Å². The average Bonchev–Trinajstić information content (AvgIpc) is 3.26. The van der Waals surface area contributed by atoms with Crippen LogP contribution < -0.4 is 34.0 Å². The summed E-state index contributed by atoms with van der Waals surface area (Å²) in [5, 5.41) is 0. The van der Waals surface area contributed by atoms with Crippen LogP contribution in [-0.4, -0.2) is 109 Å². The van der Waals surface area contributed by atoms with Crippen LogP contribution in [0.1, 0.15) is 32.1 Å². The molecule has 0 bridgehead atoms. The van der Waals surface area contributed by atoms with Gasteiger partial charge >= 0.3 is 0 Å². The van der Waals surface area contributed by atoms with Crippen molar-refractivity contribution in [2.24, 2.45) is 0 Å². The van der Waals surface area contributed by atoms with Gasteiger partial charge in [0.1, 0.15) is 6.42 Å². The van der Waals surface area contributed by atoms with Crippen LogP contribution in [0, 0.1) is 0 Å². The van der Waals surface area contributed by atoms with Gasteiger partial charge in [-0.1, -0.05) is 0 Å². The number of halogens is 2. The van der Waals surface area contributed by atoms with Crippen LogP contribution in [0.3, 0.4) is 0 Å². The Morgan fingerprint density at radius 1 is 0.556 bits per heavy atom. The zero-order valence-electron chi connectivity index (χ0n) is 16.4. The fraction of sp³-hybridized carbons (Fsp3) is 0.895. The normalized spacial score (nSPS) is 25.9. The molecule has 4 saturated heterocycles. The molecule has 4 fully saturated rings. The molecule has 4 aliphatic heterocycles. The van der Waals surface area contributed by atoms with Gasteiger partial charge < -0.3 is 52.7 Å². The first-order chi connectivity index (χ1) is 12.1. The topological polar surface area (TPSA) is 40.6 Å². The smallest absolute Gasteiger partial charge is 0.232 e. The van der Waals surface area contributed by atoms with E-state index in [2.05, 4.69) is 0 Å². The summed E-state index contributed by atoms with van der Waals surface area (Å²) in [7, 11) is 0. The Bertz CT molecular complexity index is 468. The molecule has 0 aromatic carbocycles. The highest BCUT2D eigenvalue weighted by molar-refractivity contribution is 5.97. The number of quaternary nitrogens is 2. The summed E-state index contributed by atoms with van der Waals surface area (Å²) < 4.78 is 2.42. The van der Waals surface area contributed by atoms with Gasteiger partial charge in [-0.3, -0.25) is 9.59 Å². The van der Waals surface area contributed by atoms with Gasteiger partial charge in [0, 0.05) is 25.7 Å². The first kappa shape index (κ1) is 23.1. The van der Waals surface area contributed by atoms with Crippen molar-refractivity contribution >= 4 is 11.8 Å². The Morgan fingerprint density at radius 2 is 0.852 bits per heavy atom. The molecule has 4 heterocycles. The summed E-state index contributed by atoms with van der Waals surface area (Å²) >= 11 is 0. The molecule has 4 rings (SSSR count). The lowest BCUT2D eigenvalue weighted by atomic mass is 10.2. The van der Waals surface area contributed by atoms with Gasteiger partial charge in [-0.25, -0.2) is 0 Å². The minimum absolute atomic E-state index is 0. The minimum atomic E-state index is 0. The Hall–Kier alpha value is -0.180. The molecule has 27 heavy (non-hydrogen) atoms. The molecule has 0 atom stereocenters. The Morgan fingerprint density at radius 3 is 1.15 bits per heavy atom. The van der Waals surface area contributed by atoms with E-state index in [1.807, 2.05) is 9.80 Å². The van der Waals surface area contributed by atoms with Gasteiger partial charge in [0.2, 0.25) is 11.8 Å². The number of hydrogen-bond donors (Lipinski definition) is 0. The third-order valence-corrected chi connectivity index (χ3v) is 7.41. The van der Waals surface area contributed by atoms with Crippen LogP contribution in [0.2, 0.25) is 0 Å². The predicted molar refractivity (Wildman–Crippen MR) is 95.7 cm³/mol. The van der Waals surface area contributed by atoms with Crippen LogP contribution in [-0.2, 0) is 9.59 Å². The molecule has 2 amide bonds. The number of nitrogens with zero attached hydrogens (tertiary/aromatic N) is 4. The van der Waals surface area contributed by atoms with Crippen molar-refractivity contribution in [3.63, 3.8) is 0 Å². The monoisotopic (exact) mass is 508 g/mol. The number of carbonyl (C=O) groups excluding carboxylic acids is 2. The Balaban J connectivity index is 0.00000131. The number of amides is 2. The molecule has 0 radical (unpaired) electrons. The zero-order chi connectivity index (χ0) is 17.3. The largest absolute Gasteiger partial charge is 1.00 e. The van der Waals surface area contributed by atoms with E-state index in [-0.39, 0.29) is 52.2 Å². The van der Waals surface area contributed by atoms with E-state index in [9.17, 15) is 9.59 Å². The summed E-state index contributed by atoms with van der Waals surface area (Å²) in [5.41, 5.74) is 0. The van der Waals surface area contributed by atoms with Crippen LogP contribution in [0.5, 0.6) is 0 Å². The fourth-order valence-corrected chi connectivity index (χ4v) is 5.54. The SMILES string of the molecule is O=C(CC(=O)N1CC[N+]2(CCCC2)CC1)N1CC[N+]2(CCCC2)CC1.[Br-].[Br-]. The van der Waals surface area contributed by atoms with Crippen LogP contribution >= 0.6 is 0 Å². The van der Waals surface area contributed by atoms with Gasteiger partial charge in [-0.05, 0) is 0 Å². The maximum absolute atomic E-state index is 12.6. The number of hydrogen-bond acceptors (Lipinski definition) is 2. The molecule has 0 unspecified atom stereocenters. The van der Waals surface area contributed by atoms with Crippen molar-refractivity contribution < 1.29 is 52.5 Å². The second kappa shape index (κ2) is 9.55. The quantitative estimate of drug-likeness (QED) is 0.275. The maximum atomic E-state index is 12.6. The van der Waals surface area contributed by atoms with Crippen molar-refractivity contribution in [1.82, 2.24) is 9.80 Å². The highest BCUT2D eigenvalue weighted by atomic mass is 79.9. The summed E-state index contributed by atoms with van der Waals surface area (Å²) in [5.74, 6) is 0.107. The molecule has 2 spiro atoms. The first-order valence-corrected chi connectivity index (χ1v) is 10.4. The van der Waals surface area contributed by atoms with Crippen molar-refractivity contribution in [2.75, 3.05) is 78.5 Å². The molecule has 0 aliphatic carbocycles. The van der Waals surface area contributed by atoms with E-state index in [0.717, 1.165) is 52.4 Å². The Labute approximate surface area is 184 Å². The van der Waals surface area contributed by atoms with E-state index in [1.54, 1.807) is 0 Å². The lowest BCUT2D eigenvalue weighted by Gasteiger charge is -2.43. The van der Waals surface area contributed by atoms with Crippen LogP contribution in [0.15, 0.2) is 0 Å². The van der Waals surface area contributed by atoms with Crippen molar-refractivity contribution in [3.05, 3.63) is 0 Å². The molecular formula is C19H34Br2N4O2. The molecule has 4 aliphatic rings. The number of carbonyl (C=O) groups is 2. The third-order valence-electron chi connectivity index (χ3n) is 7.41. The standard InChI is InChI=1S/C19H34N4O2.2BrH/c24-18(20-5-13-22(14-6-20)9-1-2-10-22)17-19(25)21-7-15-23(16-8-21)11-3-4-12-23;;/h1-17H2;2*1H/q+2;;/p-2. The Kier molecular flexibility index (Phi) is 8.17. The van der Waals surface area contributed by atoms with Crippen molar-refractivity contribution in [3.8, 4) is 0 Å². The molecule has 0 aromatic rings. The second-order valence-electron chi connectivity index (χ2n) is 8.82. The summed E-state index contributed by atoms with van der Waals surface area (Å²) in [6, 6.07) is 0. The number of rotatable bonds is 2. The van der Waals surface area contributed by atoms with Gasteiger partial charge in [0.15, 0.2) is 0 Å². The van der Waals surface area contributed by atoms with Crippen LogP contribution in [0.4, 0.5) is 0 Å². The van der Waals surface area contributed by atoms with Crippen molar-refractivity contribution in [2.45, 2.75) is 32.1 Å². The fourth-order valence-electron chi connectivity index (χ4n) is 5.54. The molecule has 156 valence electrons. The first-order valence-electron chi connectivity index (χ1n) is 10.4. The van der Waals surface area contributed by atoms with Gasteiger partial charge in [0.25, 0.3) is 0 Å². The molecule has 0 aromatic heterocycles. The van der Waals surface area contributed by atoms with Gasteiger partial charge in [0.05, 0.1) is 78.5 Å². The van der Waals surface area contributed by atoms with Crippen LogP contribution in [0.25, 0.3) is 0 Å². The van der Waals surface area contributed by atoms with Gasteiger partial charge in [-0.2, -0.15) is 0 Å². The summed E-state index contributed by atoms with van der Waals surface area (Å²) in [6.45, 7) is 12.9. The van der Waals surface area contributed by atoms with E-state index in [1.165, 1.54) is 60.8 Å². The minimum Gasteiger partial charge on any atom is -1.00 e. The predicted octanol–water partition coefficient (Wildman–Crippen LogP) is -5.71. The number of piperazine rings is 2. The highest BCUT2D eigenvalue weighted by Gasteiger charge is 2.39. The average molecular weight is 510 g/mol. The van der Waals surface area contributed by atoms with Gasteiger partial charge in [-0.15, -0.1) is 0 Å². The third kappa shape index (κ3) is 5.06. The molecule has 0 N–H and O–H groups in total. The van der Waals surface area contributed by atoms with E-state index < -0.39 is 0 Å². The molecule has 0 saturated carbocycles. The molecule has 8 heteroatoms. The lowest BCUT2D eigenvalue weighted by molar-refractivity contribution is -0.920. The van der Waals surface area contributed by atoms with Crippen molar-refractivity contribution in [1.29, 1.82) is 0 Å². The lowest BCUT2D eigenvalue weighted by Crippen LogP contribution is -3.00. The summed E-state index contributed by atoms with van der Waals surface area (Å²) in [4.78, 5) is 29.0. The molecular weight excluding hydrogens is 476 g/mol. The summed E-state index contributed by atoms with van der Waals surface area (Å²) in [6.07, 6.45) is 5.42. The molecule has 6 nitrogen and oxygen atoms in total. The highest BCUT2D eigenvalue weighted by Crippen LogP contribution is 2.24. The second-order valence-corrected chi connectivity index (χ2v) is 8.82. The maximum Gasteiger partial charge on any atom is 0.232 e. The van der Waals surface area contributed by atoms with E-state index >= 15 is 0 Å². The van der Waals surface area contributed by atoms with E-state index in [0.29, 0.717) is 0 Å². The zero-order valence-corrected chi connectivity index (χ0v) is 19.6.